The van der Waals surface area contributed by atoms with Crippen LogP contribution in [0.25, 0.3) is 64.7 Å². The van der Waals surface area contributed by atoms with Crippen molar-refractivity contribution >= 4 is 76.9 Å². The van der Waals surface area contributed by atoms with Crippen molar-refractivity contribution in [2.45, 2.75) is 32.1 Å². The lowest BCUT2D eigenvalue weighted by atomic mass is 9.91. The van der Waals surface area contributed by atoms with Crippen molar-refractivity contribution in [2.24, 2.45) is 9.98 Å². The zero-order valence-corrected chi connectivity index (χ0v) is 33.2. The summed E-state index contributed by atoms with van der Waals surface area (Å²) in [6, 6.07) is 50.8. The van der Waals surface area contributed by atoms with Gasteiger partial charge in [-0.05, 0) is 95.6 Å². The quantitative estimate of drug-likeness (QED) is 0.169. The minimum atomic E-state index is 0.678. The third-order valence-corrected chi connectivity index (χ3v) is 13.4. The van der Waals surface area contributed by atoms with Crippen molar-refractivity contribution in [1.29, 1.82) is 0 Å². The number of aliphatic imine (C=N–C) groups is 2. The van der Waals surface area contributed by atoms with Gasteiger partial charge in [-0.15, -0.1) is 22.7 Å². The molecule has 4 heterocycles. The van der Waals surface area contributed by atoms with Gasteiger partial charge in [0.2, 0.25) is 5.89 Å². The van der Waals surface area contributed by atoms with Crippen LogP contribution in [0.1, 0.15) is 58.4 Å². The molecule has 7 heteroatoms. The normalized spacial score (nSPS) is 17.3. The Morgan fingerprint density at radius 1 is 0.552 bits per heavy atom. The molecule has 0 unspecified atom stereocenters. The van der Waals surface area contributed by atoms with E-state index in [-0.39, 0.29) is 0 Å². The monoisotopic (exact) mass is 784 g/mol. The highest BCUT2D eigenvalue weighted by molar-refractivity contribution is 7.21. The Hall–Kier alpha value is -6.54. The number of hydrogen-bond donors (Lipinski definition) is 0. The maximum atomic E-state index is 6.24. The highest BCUT2D eigenvalue weighted by Gasteiger charge is 2.23. The number of aryl methyl sites for hydroxylation is 1. The summed E-state index contributed by atoms with van der Waals surface area (Å²) in [6.07, 6.45) is 9.47. The van der Waals surface area contributed by atoms with Crippen molar-refractivity contribution < 1.29 is 4.42 Å². The van der Waals surface area contributed by atoms with Gasteiger partial charge >= 0.3 is 0 Å². The number of allylic oxidation sites excluding steroid dienone is 2. The summed E-state index contributed by atoms with van der Waals surface area (Å²) in [5.41, 5.74) is 14.1. The predicted octanol–water partition coefficient (Wildman–Crippen LogP) is 13.8. The van der Waals surface area contributed by atoms with Crippen molar-refractivity contribution in [3.63, 3.8) is 0 Å². The Kier molecular flexibility index (Phi) is 8.83. The molecule has 1 aliphatic heterocycles. The van der Waals surface area contributed by atoms with Crippen molar-refractivity contribution in [3.8, 4) is 22.0 Å². The zero-order valence-electron chi connectivity index (χ0n) is 31.6. The van der Waals surface area contributed by atoms with E-state index in [1.165, 1.54) is 31.7 Å². The van der Waals surface area contributed by atoms with Gasteiger partial charge in [-0.1, -0.05) is 127 Å². The first-order chi connectivity index (χ1) is 28.7. The van der Waals surface area contributed by atoms with E-state index < -0.39 is 0 Å². The van der Waals surface area contributed by atoms with Gasteiger partial charge in [-0.25, -0.2) is 20.0 Å². The van der Waals surface area contributed by atoms with E-state index in [4.69, 9.17) is 24.4 Å². The molecule has 0 saturated heterocycles. The summed E-state index contributed by atoms with van der Waals surface area (Å²) >= 11 is 3.59. The number of amidine groups is 1. The zero-order chi connectivity index (χ0) is 38.4. The van der Waals surface area contributed by atoms with Crippen LogP contribution in [-0.2, 0) is 6.42 Å². The van der Waals surface area contributed by atoms with Gasteiger partial charge in [-0.3, -0.25) is 0 Å². The fourth-order valence-electron chi connectivity index (χ4n) is 8.11. The molecular formula is C51H36N4OS2. The molecule has 1 aliphatic carbocycles. The van der Waals surface area contributed by atoms with E-state index >= 15 is 0 Å². The van der Waals surface area contributed by atoms with E-state index in [1.807, 2.05) is 59.9 Å². The first-order valence-corrected chi connectivity index (χ1v) is 21.4. The fourth-order valence-corrected chi connectivity index (χ4v) is 10.5. The van der Waals surface area contributed by atoms with Gasteiger partial charge in [0.15, 0.2) is 11.4 Å². The molecule has 9 aromatic rings. The van der Waals surface area contributed by atoms with Crippen molar-refractivity contribution in [2.75, 3.05) is 0 Å². The average molecular weight is 785 g/mol. The van der Waals surface area contributed by atoms with Crippen molar-refractivity contribution in [1.82, 2.24) is 9.97 Å². The number of fused-ring (bicyclic) bond motifs is 5. The average Bonchev–Trinajstić information content (AvgIpc) is 4.03. The van der Waals surface area contributed by atoms with E-state index in [1.54, 1.807) is 11.3 Å². The van der Waals surface area contributed by atoms with Gasteiger partial charge in [-0.2, -0.15) is 0 Å². The van der Waals surface area contributed by atoms with Crippen LogP contribution >= 0.6 is 22.7 Å². The van der Waals surface area contributed by atoms with Crippen LogP contribution in [0, 0.1) is 0 Å². The third kappa shape index (κ3) is 6.42. The maximum Gasteiger partial charge on any atom is 0.228 e. The number of thiophene rings is 1. The number of oxazole rings is 1. The lowest BCUT2D eigenvalue weighted by molar-refractivity contribution is 0.621. The van der Waals surface area contributed by atoms with E-state index in [0.29, 0.717) is 5.89 Å². The summed E-state index contributed by atoms with van der Waals surface area (Å²) < 4.78 is 8.62. The summed E-state index contributed by atoms with van der Waals surface area (Å²) in [7, 11) is 0. The molecule has 2 aliphatic rings. The fraction of sp³-hybridized carbons (Fsp3) is 0.0980. The van der Waals surface area contributed by atoms with Crippen LogP contribution in [0.4, 0.5) is 0 Å². The second-order valence-corrected chi connectivity index (χ2v) is 16.8. The summed E-state index contributed by atoms with van der Waals surface area (Å²) in [5, 5.41) is 2.32. The Balaban J connectivity index is 0.899. The molecule has 0 atom stereocenters. The van der Waals surface area contributed by atoms with E-state index in [2.05, 4.69) is 109 Å². The van der Waals surface area contributed by atoms with Crippen LogP contribution in [0.5, 0.6) is 0 Å². The maximum absolute atomic E-state index is 6.24. The van der Waals surface area contributed by atoms with Gasteiger partial charge < -0.3 is 4.42 Å². The molecule has 0 bridgehead atoms. The number of para-hydroxylation sites is 2. The molecule has 6 aromatic carbocycles. The minimum Gasteiger partial charge on any atom is -0.436 e. The third-order valence-electron chi connectivity index (χ3n) is 11.0. The van der Waals surface area contributed by atoms with Crippen LogP contribution in [-0.4, -0.2) is 21.5 Å². The second kappa shape index (κ2) is 14.8. The Bertz CT molecular complexity index is 3100. The van der Waals surface area contributed by atoms with E-state index in [9.17, 15) is 0 Å². The molecule has 58 heavy (non-hydrogen) atoms. The predicted molar refractivity (Wildman–Crippen MR) is 243 cm³/mol. The number of hydrogen-bond acceptors (Lipinski definition) is 7. The highest BCUT2D eigenvalue weighted by Crippen LogP contribution is 2.46. The minimum absolute atomic E-state index is 0.678. The lowest BCUT2D eigenvalue weighted by Crippen LogP contribution is -2.07. The smallest absolute Gasteiger partial charge is 0.228 e. The summed E-state index contributed by atoms with van der Waals surface area (Å²) in [5.74, 6) is 1.41. The summed E-state index contributed by atoms with van der Waals surface area (Å²) in [6.45, 7) is 0. The van der Waals surface area contributed by atoms with Crippen LogP contribution in [0.15, 0.2) is 172 Å². The molecule has 278 valence electrons. The SMILES string of the molecule is C1=C(c2ccc(-c3nc4ccc(/C5=N/C(c6ccccc6)=N\C(c6ccccc6)=C/CCC5)cc4s3)cc2)c2sc3c(-c4nc5ccccc5o4)cccc3c2CC1. The summed E-state index contributed by atoms with van der Waals surface area (Å²) in [4.78, 5) is 21.8. The second-order valence-electron chi connectivity index (χ2n) is 14.7. The number of rotatable bonds is 6. The number of benzene rings is 6. The molecular weight excluding hydrogens is 749 g/mol. The lowest BCUT2D eigenvalue weighted by Gasteiger charge is -2.14. The van der Waals surface area contributed by atoms with Crippen LogP contribution in [0.3, 0.4) is 0 Å². The molecule has 5 nitrogen and oxygen atoms in total. The standard InChI is InChI=1S/C51H36N4OS2/c1-3-13-33(14-4-1)41-21-7-8-22-42(53-49(52-41)34-15-5-2-6-16-34)36-29-30-44-46(31-36)57-51(55-44)35-27-25-32(26-28-35)37-17-11-18-38-39-19-12-20-40(48(39)58-47(37)38)50-54-43-23-9-10-24-45(43)56-50/h1-6,9-10,12-17,19-21,23-31H,7-8,11,18,22H2/b41-21-,52-49-,53-42+. The Morgan fingerprint density at radius 2 is 1.33 bits per heavy atom. The molecule has 0 saturated carbocycles. The molecule has 0 amide bonds. The van der Waals surface area contributed by atoms with Gasteiger partial charge in [0.05, 0.1) is 27.2 Å². The molecule has 0 N–H and O–H groups in total. The molecule has 3 aromatic heterocycles. The first kappa shape index (κ1) is 34.7. The van der Waals surface area contributed by atoms with Crippen molar-refractivity contribution in [3.05, 3.63) is 190 Å². The number of nitrogens with zero attached hydrogens (tertiary/aromatic N) is 4. The van der Waals surface area contributed by atoms with Gasteiger partial charge in [0.25, 0.3) is 0 Å². The van der Waals surface area contributed by atoms with Crippen LogP contribution in [0.2, 0.25) is 0 Å². The Labute approximate surface area is 344 Å². The molecule has 0 spiro atoms. The molecule has 11 rings (SSSR count). The largest absolute Gasteiger partial charge is 0.436 e. The number of aromatic nitrogens is 2. The van der Waals surface area contributed by atoms with Crippen LogP contribution < -0.4 is 0 Å². The number of thiazole rings is 1. The Morgan fingerprint density at radius 3 is 2.17 bits per heavy atom. The van der Waals surface area contributed by atoms with Gasteiger partial charge in [0, 0.05) is 20.7 Å². The topological polar surface area (TPSA) is 63.6 Å². The van der Waals surface area contributed by atoms with E-state index in [0.717, 1.165) is 103 Å². The first-order valence-electron chi connectivity index (χ1n) is 19.8. The highest BCUT2D eigenvalue weighted by atomic mass is 32.1. The van der Waals surface area contributed by atoms with Gasteiger partial charge in [0.1, 0.15) is 10.5 Å². The molecule has 0 radical (unpaired) electrons. The molecule has 0 fully saturated rings.